The van der Waals surface area contributed by atoms with E-state index in [1.54, 1.807) is 7.11 Å². The van der Waals surface area contributed by atoms with Crippen molar-refractivity contribution in [2.75, 3.05) is 33.4 Å². The summed E-state index contributed by atoms with van der Waals surface area (Å²) in [6.45, 7) is 2.94. The van der Waals surface area contributed by atoms with E-state index in [-0.39, 0.29) is 0 Å². The molecule has 0 radical (unpaired) electrons. The maximum atomic E-state index is 5.28. The third-order valence-electron chi connectivity index (χ3n) is 2.37. The number of ether oxygens (including phenoxy) is 2. The predicted molar refractivity (Wildman–Crippen MR) is 51.7 cm³/mol. The summed E-state index contributed by atoms with van der Waals surface area (Å²) in [7, 11) is 1.77. The first-order chi connectivity index (χ1) is 6.36. The minimum atomic E-state index is 0.475. The average molecular weight is 188 g/mol. The molecule has 0 unspecified atom stereocenters. The molecular formula is C9H20N2O2. The molecule has 1 aliphatic rings. The van der Waals surface area contributed by atoms with E-state index in [2.05, 4.69) is 5.32 Å². The molecule has 0 bridgehead atoms. The molecule has 0 aromatic carbocycles. The van der Waals surface area contributed by atoms with Gasteiger partial charge in [-0.05, 0) is 12.8 Å². The van der Waals surface area contributed by atoms with Crippen LogP contribution >= 0.6 is 0 Å². The van der Waals surface area contributed by atoms with Gasteiger partial charge in [0, 0.05) is 26.2 Å². The maximum Gasteiger partial charge on any atom is 0.0601 e. The van der Waals surface area contributed by atoms with Crippen LogP contribution in [0, 0.1) is 0 Å². The average Bonchev–Trinajstić information content (AvgIpc) is 2.08. The molecule has 1 saturated carbocycles. The number of nitrogens with one attached hydrogen (secondary N) is 1. The normalized spacial score (nSPS) is 27.2. The lowest BCUT2D eigenvalue weighted by Gasteiger charge is -2.34. The van der Waals surface area contributed by atoms with E-state index >= 15 is 0 Å². The molecule has 0 saturated heterocycles. The van der Waals surface area contributed by atoms with Gasteiger partial charge in [0.25, 0.3) is 0 Å². The Labute approximate surface area is 79.8 Å². The highest BCUT2D eigenvalue weighted by Gasteiger charge is 2.27. The van der Waals surface area contributed by atoms with E-state index in [0.29, 0.717) is 25.3 Å². The number of hydrogen-bond donors (Lipinski definition) is 2. The van der Waals surface area contributed by atoms with Crippen LogP contribution in [0.1, 0.15) is 12.8 Å². The Balaban J connectivity index is 1.80. The van der Waals surface area contributed by atoms with Crippen molar-refractivity contribution in [3.8, 4) is 0 Å². The molecule has 3 N–H and O–H groups in total. The van der Waals surface area contributed by atoms with E-state index < -0.39 is 0 Å². The molecule has 0 aromatic rings. The summed E-state index contributed by atoms with van der Waals surface area (Å²) >= 11 is 0. The summed E-state index contributed by atoms with van der Waals surface area (Å²) in [6, 6.07) is 0.631. The number of nitrogens with two attached hydrogens (primary N) is 1. The van der Waals surface area contributed by atoms with Crippen LogP contribution in [0.5, 0.6) is 0 Å². The van der Waals surface area contributed by atoms with Crippen molar-refractivity contribution < 1.29 is 9.47 Å². The summed E-state index contributed by atoms with van der Waals surface area (Å²) in [5.74, 6) is 0. The molecule has 0 heterocycles. The molecule has 4 heteroatoms. The highest BCUT2D eigenvalue weighted by Crippen LogP contribution is 2.21. The van der Waals surface area contributed by atoms with Gasteiger partial charge in [0.2, 0.25) is 0 Å². The third-order valence-corrected chi connectivity index (χ3v) is 2.37. The second-order valence-corrected chi connectivity index (χ2v) is 3.38. The standard InChI is InChI=1S/C9H20N2O2/c1-12-9-6-8(7-9)11-3-5-13-4-2-10/h8-9,11H,2-7,10H2,1H3. The Bertz CT molecular complexity index is 127. The van der Waals surface area contributed by atoms with Gasteiger partial charge in [-0.25, -0.2) is 0 Å². The Morgan fingerprint density at radius 3 is 2.77 bits per heavy atom. The molecule has 0 spiro atoms. The Kier molecular flexibility index (Phi) is 5.31. The van der Waals surface area contributed by atoms with E-state index in [1.165, 1.54) is 0 Å². The fourth-order valence-corrected chi connectivity index (χ4v) is 1.45. The zero-order valence-corrected chi connectivity index (χ0v) is 8.29. The molecule has 0 aromatic heterocycles. The largest absolute Gasteiger partial charge is 0.381 e. The first-order valence-electron chi connectivity index (χ1n) is 4.90. The fourth-order valence-electron chi connectivity index (χ4n) is 1.45. The minimum absolute atomic E-state index is 0.475. The minimum Gasteiger partial charge on any atom is -0.381 e. The Morgan fingerprint density at radius 2 is 2.15 bits per heavy atom. The Morgan fingerprint density at radius 1 is 1.38 bits per heavy atom. The smallest absolute Gasteiger partial charge is 0.0601 e. The van der Waals surface area contributed by atoms with Crippen LogP contribution in [-0.2, 0) is 9.47 Å². The van der Waals surface area contributed by atoms with Crippen molar-refractivity contribution in [2.45, 2.75) is 25.0 Å². The van der Waals surface area contributed by atoms with Crippen molar-refractivity contribution in [1.82, 2.24) is 5.32 Å². The predicted octanol–water partition coefficient (Wildman–Crippen LogP) is -0.271. The van der Waals surface area contributed by atoms with E-state index in [9.17, 15) is 0 Å². The van der Waals surface area contributed by atoms with Gasteiger partial charge in [-0.2, -0.15) is 0 Å². The summed E-state index contributed by atoms with van der Waals surface area (Å²) in [5.41, 5.74) is 5.28. The molecule has 78 valence electrons. The van der Waals surface area contributed by atoms with Crippen molar-refractivity contribution in [3.05, 3.63) is 0 Å². The zero-order chi connectivity index (χ0) is 9.52. The van der Waals surface area contributed by atoms with Gasteiger partial charge in [-0.3, -0.25) is 0 Å². The third kappa shape index (κ3) is 4.04. The van der Waals surface area contributed by atoms with E-state index in [0.717, 1.165) is 26.0 Å². The van der Waals surface area contributed by atoms with Crippen molar-refractivity contribution in [3.63, 3.8) is 0 Å². The van der Waals surface area contributed by atoms with Crippen molar-refractivity contribution >= 4 is 0 Å². The summed E-state index contributed by atoms with van der Waals surface area (Å²) < 4.78 is 10.4. The van der Waals surface area contributed by atoms with Crippen LogP contribution in [0.3, 0.4) is 0 Å². The second kappa shape index (κ2) is 6.32. The van der Waals surface area contributed by atoms with Gasteiger partial charge < -0.3 is 20.5 Å². The number of hydrogen-bond acceptors (Lipinski definition) is 4. The van der Waals surface area contributed by atoms with Gasteiger partial charge in [0.15, 0.2) is 0 Å². The van der Waals surface area contributed by atoms with Crippen LogP contribution in [-0.4, -0.2) is 45.6 Å². The number of rotatable bonds is 7. The lowest BCUT2D eigenvalue weighted by Crippen LogP contribution is -2.46. The lowest BCUT2D eigenvalue weighted by atomic mass is 9.89. The van der Waals surface area contributed by atoms with Crippen LogP contribution in [0.2, 0.25) is 0 Å². The SMILES string of the molecule is COC1CC(NCCOCCN)C1. The first-order valence-corrected chi connectivity index (χ1v) is 4.90. The molecule has 4 nitrogen and oxygen atoms in total. The molecule has 0 amide bonds. The summed E-state index contributed by atoms with van der Waals surface area (Å²) in [4.78, 5) is 0. The van der Waals surface area contributed by atoms with E-state index in [1.807, 2.05) is 0 Å². The molecular weight excluding hydrogens is 168 g/mol. The van der Waals surface area contributed by atoms with Crippen LogP contribution in [0.15, 0.2) is 0 Å². The molecule has 1 rings (SSSR count). The van der Waals surface area contributed by atoms with Crippen LogP contribution < -0.4 is 11.1 Å². The quantitative estimate of drug-likeness (QED) is 0.540. The lowest BCUT2D eigenvalue weighted by molar-refractivity contribution is 0.0150. The molecule has 1 aliphatic carbocycles. The molecule has 13 heavy (non-hydrogen) atoms. The molecule has 0 aliphatic heterocycles. The van der Waals surface area contributed by atoms with Crippen molar-refractivity contribution in [1.29, 1.82) is 0 Å². The fraction of sp³-hybridized carbons (Fsp3) is 1.00. The highest BCUT2D eigenvalue weighted by atomic mass is 16.5. The van der Waals surface area contributed by atoms with Crippen LogP contribution in [0.4, 0.5) is 0 Å². The monoisotopic (exact) mass is 188 g/mol. The summed E-state index contributed by atoms with van der Waals surface area (Å²) in [5, 5.41) is 3.40. The van der Waals surface area contributed by atoms with Crippen LogP contribution in [0.25, 0.3) is 0 Å². The first kappa shape index (κ1) is 10.9. The maximum absolute atomic E-state index is 5.28. The number of methoxy groups -OCH3 is 1. The van der Waals surface area contributed by atoms with Gasteiger partial charge in [-0.15, -0.1) is 0 Å². The van der Waals surface area contributed by atoms with Crippen molar-refractivity contribution in [2.24, 2.45) is 5.73 Å². The zero-order valence-electron chi connectivity index (χ0n) is 8.29. The van der Waals surface area contributed by atoms with E-state index in [4.69, 9.17) is 15.2 Å². The van der Waals surface area contributed by atoms with Gasteiger partial charge in [0.05, 0.1) is 19.3 Å². The molecule has 1 fully saturated rings. The van der Waals surface area contributed by atoms with Gasteiger partial charge >= 0.3 is 0 Å². The summed E-state index contributed by atoms with van der Waals surface area (Å²) in [6.07, 6.45) is 2.74. The second-order valence-electron chi connectivity index (χ2n) is 3.38. The Hall–Kier alpha value is -0.160. The molecule has 0 atom stereocenters. The van der Waals surface area contributed by atoms with Gasteiger partial charge in [-0.1, -0.05) is 0 Å². The topological polar surface area (TPSA) is 56.5 Å². The highest BCUT2D eigenvalue weighted by molar-refractivity contribution is 4.85. The van der Waals surface area contributed by atoms with Gasteiger partial charge in [0.1, 0.15) is 0 Å².